The monoisotopic (exact) mass is 532 g/mol. The summed E-state index contributed by atoms with van der Waals surface area (Å²) in [6.07, 6.45) is 5.23. The Labute approximate surface area is 230 Å². The van der Waals surface area contributed by atoms with Crippen LogP contribution in [0.3, 0.4) is 0 Å². The van der Waals surface area contributed by atoms with E-state index < -0.39 is 0 Å². The van der Waals surface area contributed by atoms with Crippen LogP contribution >= 0.6 is 11.8 Å². The fourth-order valence-corrected chi connectivity index (χ4v) is 7.36. The average Bonchev–Trinajstić information content (AvgIpc) is 3.41. The van der Waals surface area contributed by atoms with Gasteiger partial charge in [-0.1, -0.05) is 79.2 Å². The first-order valence-electron chi connectivity index (χ1n) is 13.5. The summed E-state index contributed by atoms with van der Waals surface area (Å²) >= 11 is 1.42. The van der Waals surface area contributed by atoms with Crippen LogP contribution in [0.5, 0.6) is 0 Å². The van der Waals surface area contributed by atoms with Crippen molar-refractivity contribution in [3.05, 3.63) is 116 Å². The van der Waals surface area contributed by atoms with Crippen molar-refractivity contribution in [2.75, 3.05) is 0 Å². The van der Waals surface area contributed by atoms with E-state index >= 15 is 0 Å². The fraction of sp³-hybridized carbons (Fsp3) is 0.250. The highest BCUT2D eigenvalue weighted by Crippen LogP contribution is 2.49. The Morgan fingerprint density at radius 3 is 2.51 bits per heavy atom. The van der Waals surface area contributed by atoms with Crippen LogP contribution in [-0.4, -0.2) is 19.5 Å². The number of nitrogens with one attached hydrogen (secondary N) is 1. The van der Waals surface area contributed by atoms with Gasteiger partial charge in [0.1, 0.15) is 5.82 Å². The van der Waals surface area contributed by atoms with E-state index in [0.717, 1.165) is 60.2 Å². The molecule has 39 heavy (non-hydrogen) atoms. The third-order valence-electron chi connectivity index (χ3n) is 8.30. The maximum Gasteiger partial charge on any atom is 0.266 e. The molecule has 0 radical (unpaired) electrons. The first kappa shape index (κ1) is 24.1. The SMILES string of the molecule is Cc1ccccc1-n1c(SCc2nc3c(c(=O)[nH]2)C2(CCCC2)Cc2ccccc2-3)nc2ccccc2c1=O. The van der Waals surface area contributed by atoms with Gasteiger partial charge in [0.05, 0.1) is 33.6 Å². The molecule has 0 bridgehead atoms. The van der Waals surface area contributed by atoms with Crippen LogP contribution in [0.1, 0.15) is 48.2 Å². The van der Waals surface area contributed by atoms with Gasteiger partial charge >= 0.3 is 0 Å². The Morgan fingerprint density at radius 2 is 1.67 bits per heavy atom. The molecule has 2 aliphatic carbocycles. The molecule has 0 unspecified atom stereocenters. The maximum atomic E-state index is 13.7. The first-order valence-corrected chi connectivity index (χ1v) is 14.5. The van der Waals surface area contributed by atoms with Gasteiger partial charge in [-0.15, -0.1) is 0 Å². The lowest BCUT2D eigenvalue weighted by molar-refractivity contribution is 0.426. The van der Waals surface area contributed by atoms with E-state index in [9.17, 15) is 9.59 Å². The second kappa shape index (κ2) is 9.35. The maximum absolute atomic E-state index is 13.7. The van der Waals surface area contributed by atoms with Crippen LogP contribution in [0.15, 0.2) is 87.5 Å². The van der Waals surface area contributed by atoms with Gasteiger partial charge in [-0.2, -0.15) is 0 Å². The number of rotatable bonds is 4. The van der Waals surface area contributed by atoms with E-state index in [-0.39, 0.29) is 16.5 Å². The number of fused-ring (bicyclic) bond motifs is 5. The number of aromatic nitrogens is 4. The lowest BCUT2D eigenvalue weighted by Gasteiger charge is -2.35. The van der Waals surface area contributed by atoms with Gasteiger partial charge in [-0.05, 0) is 55.5 Å². The van der Waals surface area contributed by atoms with Gasteiger partial charge in [-0.3, -0.25) is 14.2 Å². The van der Waals surface area contributed by atoms with Gasteiger partial charge in [0.25, 0.3) is 11.1 Å². The lowest BCUT2D eigenvalue weighted by Crippen LogP contribution is -2.37. The summed E-state index contributed by atoms with van der Waals surface area (Å²) in [5.41, 5.74) is 6.17. The molecule has 7 heteroatoms. The Hall–Kier alpha value is -3.97. The number of hydrogen-bond acceptors (Lipinski definition) is 5. The summed E-state index contributed by atoms with van der Waals surface area (Å²) in [6.45, 7) is 1.99. The number of benzene rings is 3. The van der Waals surface area contributed by atoms with Gasteiger partial charge in [0, 0.05) is 11.0 Å². The van der Waals surface area contributed by atoms with E-state index in [1.165, 1.54) is 17.3 Å². The molecule has 0 amide bonds. The fourth-order valence-electron chi connectivity index (χ4n) is 6.48. The van der Waals surface area contributed by atoms with E-state index in [2.05, 4.69) is 23.2 Å². The van der Waals surface area contributed by atoms with Crippen LogP contribution < -0.4 is 11.1 Å². The second-order valence-electron chi connectivity index (χ2n) is 10.7. The van der Waals surface area contributed by atoms with Crippen molar-refractivity contribution in [3.8, 4) is 16.9 Å². The zero-order valence-electron chi connectivity index (χ0n) is 21.7. The Kier molecular flexibility index (Phi) is 5.77. The van der Waals surface area contributed by atoms with Crippen molar-refractivity contribution in [1.82, 2.24) is 19.5 Å². The van der Waals surface area contributed by atoms with Crippen molar-refractivity contribution in [1.29, 1.82) is 0 Å². The second-order valence-corrected chi connectivity index (χ2v) is 11.6. The average molecular weight is 533 g/mol. The molecule has 1 fully saturated rings. The number of thioether (sulfide) groups is 1. The Bertz CT molecular complexity index is 1870. The first-order chi connectivity index (χ1) is 19.0. The quantitative estimate of drug-likeness (QED) is 0.223. The molecule has 1 saturated carbocycles. The number of H-pyrrole nitrogens is 1. The van der Waals surface area contributed by atoms with Crippen LogP contribution in [0.4, 0.5) is 0 Å². The Balaban J connectivity index is 1.33. The molecule has 7 rings (SSSR count). The van der Waals surface area contributed by atoms with Gasteiger partial charge in [0.15, 0.2) is 5.16 Å². The molecule has 6 nitrogen and oxygen atoms in total. The molecule has 0 atom stereocenters. The van der Waals surface area contributed by atoms with Crippen LogP contribution in [-0.2, 0) is 17.6 Å². The third-order valence-corrected chi connectivity index (χ3v) is 9.25. The minimum absolute atomic E-state index is 0.0326. The largest absolute Gasteiger partial charge is 0.310 e. The van der Waals surface area contributed by atoms with Crippen LogP contribution in [0.25, 0.3) is 27.8 Å². The van der Waals surface area contributed by atoms with Crippen molar-refractivity contribution < 1.29 is 0 Å². The molecule has 194 valence electrons. The summed E-state index contributed by atoms with van der Waals surface area (Å²) in [7, 11) is 0. The highest BCUT2D eigenvalue weighted by molar-refractivity contribution is 7.98. The summed E-state index contributed by atoms with van der Waals surface area (Å²) in [6, 6.07) is 23.6. The molecule has 0 saturated heterocycles. The van der Waals surface area contributed by atoms with E-state index in [1.54, 1.807) is 4.57 Å². The molecule has 2 aromatic heterocycles. The molecule has 3 aromatic carbocycles. The van der Waals surface area contributed by atoms with Crippen LogP contribution in [0.2, 0.25) is 0 Å². The summed E-state index contributed by atoms with van der Waals surface area (Å²) in [4.78, 5) is 40.4. The highest BCUT2D eigenvalue weighted by atomic mass is 32.2. The molecule has 2 aliphatic rings. The summed E-state index contributed by atoms with van der Waals surface area (Å²) in [5, 5.41) is 1.14. The molecule has 0 aliphatic heterocycles. The number of nitrogens with zero attached hydrogens (tertiary/aromatic N) is 3. The molecular formula is C32H28N4O2S. The Morgan fingerprint density at radius 1 is 0.923 bits per heavy atom. The molecule has 1 spiro atoms. The third kappa shape index (κ3) is 3.95. The number of para-hydroxylation sites is 2. The number of hydrogen-bond donors (Lipinski definition) is 1. The predicted octanol–water partition coefficient (Wildman–Crippen LogP) is 6.10. The number of aromatic amines is 1. The van der Waals surface area contributed by atoms with Gasteiger partial charge in [-0.25, -0.2) is 9.97 Å². The molecule has 5 aromatic rings. The van der Waals surface area contributed by atoms with Crippen molar-refractivity contribution in [2.24, 2.45) is 0 Å². The minimum atomic E-state index is -0.124. The normalized spacial score (nSPS) is 15.4. The zero-order chi connectivity index (χ0) is 26.6. The van der Waals surface area contributed by atoms with Crippen molar-refractivity contribution >= 4 is 22.7 Å². The highest BCUT2D eigenvalue weighted by Gasteiger charge is 2.43. The number of aryl methyl sites for hydroxylation is 1. The van der Waals surface area contributed by atoms with E-state index in [4.69, 9.17) is 9.97 Å². The molecule has 1 N–H and O–H groups in total. The standard InChI is InChI=1S/C32H28N4O2S/c1-20-10-2-7-15-25(20)36-30(38)23-13-5-6-14-24(23)33-31(36)39-19-26-34-28-22-12-4-3-11-21(22)18-32(16-8-9-17-32)27(28)29(37)35-26/h2-7,10-15H,8-9,16-19H2,1H3,(H,34,35,37). The van der Waals surface area contributed by atoms with Gasteiger partial charge in [0.2, 0.25) is 0 Å². The van der Waals surface area contributed by atoms with Crippen molar-refractivity contribution in [3.63, 3.8) is 0 Å². The van der Waals surface area contributed by atoms with E-state index in [0.29, 0.717) is 27.6 Å². The smallest absolute Gasteiger partial charge is 0.266 e. The van der Waals surface area contributed by atoms with E-state index in [1.807, 2.05) is 61.5 Å². The minimum Gasteiger partial charge on any atom is -0.310 e. The topological polar surface area (TPSA) is 80.6 Å². The predicted molar refractivity (Wildman–Crippen MR) is 156 cm³/mol. The zero-order valence-corrected chi connectivity index (χ0v) is 22.6. The van der Waals surface area contributed by atoms with Crippen LogP contribution in [0, 0.1) is 6.92 Å². The van der Waals surface area contributed by atoms with Gasteiger partial charge < -0.3 is 4.98 Å². The van der Waals surface area contributed by atoms with Crippen molar-refractivity contribution in [2.45, 2.75) is 55.4 Å². The summed E-state index contributed by atoms with van der Waals surface area (Å²) < 4.78 is 1.68. The molecular weight excluding hydrogens is 504 g/mol. The summed E-state index contributed by atoms with van der Waals surface area (Å²) in [5.74, 6) is 0.973. The lowest BCUT2D eigenvalue weighted by atomic mass is 9.68. The molecule has 2 heterocycles.